The minimum absolute atomic E-state index is 0.00123. The van der Waals surface area contributed by atoms with Crippen LogP contribution < -0.4 is 5.32 Å². The normalized spacial score (nSPS) is 19.9. The molecular weight excluding hydrogens is 311 g/mol. The molecule has 1 saturated carbocycles. The van der Waals surface area contributed by atoms with Gasteiger partial charge in [-0.25, -0.2) is 4.39 Å². The maximum atomic E-state index is 13.6. The molecule has 3 rings (SSSR count). The van der Waals surface area contributed by atoms with Gasteiger partial charge in [0.15, 0.2) is 0 Å². The molecule has 0 spiro atoms. The van der Waals surface area contributed by atoms with Gasteiger partial charge < -0.3 is 9.73 Å². The second-order valence-corrected chi connectivity index (χ2v) is 6.04. The molecule has 0 radical (unpaired) electrons. The van der Waals surface area contributed by atoms with Crippen molar-refractivity contribution in [3.8, 4) is 6.07 Å². The van der Waals surface area contributed by atoms with E-state index < -0.39 is 11.7 Å². The molecule has 0 bridgehead atoms. The SMILES string of the molecule is Cc1nnc(C[C@@H]2CC[C@H](NC(=O)c3cccc(F)c3C#N)C2)o1. The van der Waals surface area contributed by atoms with E-state index >= 15 is 0 Å². The molecule has 7 heteroatoms. The van der Waals surface area contributed by atoms with E-state index in [0.29, 0.717) is 24.1 Å². The summed E-state index contributed by atoms with van der Waals surface area (Å²) < 4.78 is 19.0. The highest BCUT2D eigenvalue weighted by Crippen LogP contribution is 2.28. The number of aromatic nitrogens is 2. The number of nitrogens with zero attached hydrogens (tertiary/aromatic N) is 3. The lowest BCUT2D eigenvalue weighted by Gasteiger charge is -2.13. The Kier molecular flexibility index (Phi) is 4.56. The van der Waals surface area contributed by atoms with Crippen molar-refractivity contribution in [1.29, 1.82) is 5.26 Å². The first-order valence-electron chi connectivity index (χ1n) is 7.85. The summed E-state index contributed by atoms with van der Waals surface area (Å²) in [6, 6.07) is 5.82. The molecule has 1 aromatic carbocycles. The van der Waals surface area contributed by atoms with Crippen LogP contribution in [0, 0.1) is 30.0 Å². The molecule has 1 N–H and O–H groups in total. The zero-order valence-corrected chi connectivity index (χ0v) is 13.3. The van der Waals surface area contributed by atoms with Gasteiger partial charge in [-0.15, -0.1) is 10.2 Å². The van der Waals surface area contributed by atoms with E-state index in [0.717, 1.165) is 19.3 Å². The number of nitrogens with one attached hydrogen (secondary N) is 1. The molecule has 6 nitrogen and oxygen atoms in total. The van der Waals surface area contributed by atoms with Crippen molar-refractivity contribution in [3.05, 3.63) is 46.9 Å². The Morgan fingerprint density at radius 3 is 3.00 bits per heavy atom. The number of benzene rings is 1. The molecule has 24 heavy (non-hydrogen) atoms. The second kappa shape index (κ2) is 6.79. The zero-order valence-electron chi connectivity index (χ0n) is 13.3. The fraction of sp³-hybridized carbons (Fsp3) is 0.412. The number of carbonyl (C=O) groups is 1. The first-order chi connectivity index (χ1) is 11.6. The van der Waals surface area contributed by atoms with Crippen LogP contribution in [-0.2, 0) is 6.42 Å². The van der Waals surface area contributed by atoms with Gasteiger partial charge in [0.05, 0.1) is 5.56 Å². The van der Waals surface area contributed by atoms with Crippen LogP contribution in [-0.4, -0.2) is 22.1 Å². The Hall–Kier alpha value is -2.75. The maximum Gasteiger partial charge on any atom is 0.252 e. The lowest BCUT2D eigenvalue weighted by atomic mass is 10.0. The summed E-state index contributed by atoms with van der Waals surface area (Å²) in [5.41, 5.74) is -0.139. The highest BCUT2D eigenvalue weighted by atomic mass is 19.1. The maximum absolute atomic E-state index is 13.6. The fourth-order valence-electron chi connectivity index (χ4n) is 3.15. The lowest BCUT2D eigenvalue weighted by Crippen LogP contribution is -2.33. The van der Waals surface area contributed by atoms with Crippen molar-refractivity contribution < 1.29 is 13.6 Å². The standard InChI is InChI=1S/C17H17FN4O2/c1-10-21-22-16(24-10)8-11-5-6-12(7-11)20-17(23)13-3-2-4-15(18)14(13)9-19/h2-4,11-12H,5-8H2,1H3,(H,20,23)/t11-,12+/m1/s1. The van der Waals surface area contributed by atoms with E-state index in [2.05, 4.69) is 15.5 Å². The number of halogens is 1. The Morgan fingerprint density at radius 1 is 1.46 bits per heavy atom. The van der Waals surface area contributed by atoms with Crippen molar-refractivity contribution in [3.63, 3.8) is 0 Å². The van der Waals surface area contributed by atoms with Crippen molar-refractivity contribution in [2.24, 2.45) is 5.92 Å². The average Bonchev–Trinajstić information content (AvgIpc) is 3.16. The van der Waals surface area contributed by atoms with Crippen LogP contribution in [0.25, 0.3) is 0 Å². The van der Waals surface area contributed by atoms with Crippen LogP contribution >= 0.6 is 0 Å². The highest BCUT2D eigenvalue weighted by molar-refractivity contribution is 5.96. The lowest BCUT2D eigenvalue weighted by molar-refractivity contribution is 0.0936. The number of amides is 1. The third-order valence-corrected chi connectivity index (χ3v) is 4.28. The molecule has 1 aromatic heterocycles. The highest BCUT2D eigenvalue weighted by Gasteiger charge is 2.28. The number of hydrogen-bond donors (Lipinski definition) is 1. The molecular formula is C17H17FN4O2. The Labute approximate surface area is 138 Å². The van der Waals surface area contributed by atoms with Gasteiger partial charge >= 0.3 is 0 Å². The van der Waals surface area contributed by atoms with Gasteiger partial charge in [0, 0.05) is 19.4 Å². The minimum Gasteiger partial charge on any atom is -0.426 e. The van der Waals surface area contributed by atoms with E-state index in [9.17, 15) is 9.18 Å². The van der Waals surface area contributed by atoms with Crippen molar-refractivity contribution in [1.82, 2.24) is 15.5 Å². The summed E-state index contributed by atoms with van der Waals surface area (Å²) in [5.74, 6) is 0.425. The molecule has 0 saturated heterocycles. The summed E-state index contributed by atoms with van der Waals surface area (Å²) in [5, 5.41) is 19.7. The van der Waals surface area contributed by atoms with Gasteiger partial charge in [0.1, 0.15) is 17.4 Å². The van der Waals surface area contributed by atoms with Gasteiger partial charge in [-0.2, -0.15) is 5.26 Å². The first kappa shape index (κ1) is 16.1. The number of aryl methyl sites for hydroxylation is 1. The molecule has 0 aliphatic heterocycles. The van der Waals surface area contributed by atoms with Crippen LogP contribution in [0.4, 0.5) is 4.39 Å². The Balaban J connectivity index is 1.60. The summed E-state index contributed by atoms with van der Waals surface area (Å²) in [4.78, 5) is 12.3. The van der Waals surface area contributed by atoms with Gasteiger partial charge in [-0.1, -0.05) is 6.07 Å². The molecule has 1 aliphatic carbocycles. The molecule has 1 heterocycles. The van der Waals surface area contributed by atoms with Gasteiger partial charge in [0.25, 0.3) is 5.91 Å². The monoisotopic (exact) mass is 328 g/mol. The third-order valence-electron chi connectivity index (χ3n) is 4.28. The topological polar surface area (TPSA) is 91.8 Å². The predicted octanol–water partition coefficient (Wildman–Crippen LogP) is 2.53. The summed E-state index contributed by atoms with van der Waals surface area (Å²) >= 11 is 0. The van der Waals surface area contributed by atoms with Crippen LogP contribution in [0.5, 0.6) is 0 Å². The van der Waals surface area contributed by atoms with E-state index in [-0.39, 0.29) is 17.2 Å². The minimum atomic E-state index is -0.679. The van der Waals surface area contributed by atoms with Gasteiger partial charge in [0.2, 0.25) is 11.8 Å². The zero-order chi connectivity index (χ0) is 17.1. The van der Waals surface area contributed by atoms with Crippen molar-refractivity contribution in [2.75, 3.05) is 0 Å². The average molecular weight is 328 g/mol. The molecule has 2 atom stereocenters. The Morgan fingerprint density at radius 2 is 2.29 bits per heavy atom. The van der Waals surface area contributed by atoms with Crippen LogP contribution in [0.1, 0.15) is 47.0 Å². The number of rotatable bonds is 4. The molecule has 1 fully saturated rings. The Bertz CT molecular complexity index is 796. The van der Waals surface area contributed by atoms with E-state index in [1.54, 1.807) is 13.0 Å². The quantitative estimate of drug-likeness (QED) is 0.931. The number of hydrogen-bond acceptors (Lipinski definition) is 5. The van der Waals surface area contributed by atoms with Crippen molar-refractivity contribution >= 4 is 5.91 Å². The predicted molar refractivity (Wildman–Crippen MR) is 82.4 cm³/mol. The molecule has 0 unspecified atom stereocenters. The second-order valence-electron chi connectivity index (χ2n) is 6.04. The van der Waals surface area contributed by atoms with Gasteiger partial charge in [-0.3, -0.25) is 4.79 Å². The van der Waals surface area contributed by atoms with Crippen molar-refractivity contribution in [2.45, 2.75) is 38.6 Å². The third kappa shape index (κ3) is 3.43. The molecule has 124 valence electrons. The molecule has 2 aromatic rings. The van der Waals surface area contributed by atoms with Crippen LogP contribution in [0.3, 0.4) is 0 Å². The number of nitriles is 1. The smallest absolute Gasteiger partial charge is 0.252 e. The fourth-order valence-corrected chi connectivity index (χ4v) is 3.15. The van der Waals surface area contributed by atoms with E-state index in [1.807, 2.05) is 0 Å². The summed E-state index contributed by atoms with van der Waals surface area (Å²) in [7, 11) is 0. The van der Waals surface area contributed by atoms with Crippen LogP contribution in [0.15, 0.2) is 22.6 Å². The van der Waals surface area contributed by atoms with Gasteiger partial charge in [-0.05, 0) is 37.3 Å². The number of carbonyl (C=O) groups excluding carboxylic acids is 1. The first-order valence-corrected chi connectivity index (χ1v) is 7.85. The largest absolute Gasteiger partial charge is 0.426 e. The summed E-state index contributed by atoms with van der Waals surface area (Å²) in [6.07, 6.45) is 3.27. The van der Waals surface area contributed by atoms with Crippen LogP contribution in [0.2, 0.25) is 0 Å². The summed E-state index contributed by atoms with van der Waals surface area (Å²) in [6.45, 7) is 1.75. The van der Waals surface area contributed by atoms with E-state index in [1.165, 1.54) is 18.2 Å². The molecule has 1 aliphatic rings. The van der Waals surface area contributed by atoms with E-state index in [4.69, 9.17) is 9.68 Å². The molecule has 1 amide bonds.